The molecule has 4 nitrogen and oxygen atoms in total. The summed E-state index contributed by atoms with van der Waals surface area (Å²) in [6.45, 7) is 2.01. The number of rotatable bonds is 4. The van der Waals surface area contributed by atoms with Gasteiger partial charge in [0.05, 0.1) is 6.04 Å². The third-order valence-electron chi connectivity index (χ3n) is 2.11. The van der Waals surface area contributed by atoms with E-state index in [-0.39, 0.29) is 6.04 Å². The van der Waals surface area contributed by atoms with Gasteiger partial charge < -0.3 is 0 Å². The second kappa shape index (κ2) is 3.84. The summed E-state index contributed by atoms with van der Waals surface area (Å²) in [5.41, 5.74) is 0. The molecule has 0 aromatic heterocycles. The molecule has 0 radical (unpaired) electrons. The Labute approximate surface area is 82.4 Å². The molecule has 1 aliphatic rings. The quantitative estimate of drug-likeness (QED) is 0.535. The molecule has 0 spiro atoms. The van der Waals surface area contributed by atoms with Crippen molar-refractivity contribution in [2.24, 2.45) is 0 Å². The third kappa shape index (κ3) is 2.34. The average molecular weight is 226 g/mol. The highest BCUT2D eigenvalue weighted by Gasteiger charge is 2.42. The van der Waals surface area contributed by atoms with Gasteiger partial charge >= 0.3 is 9.24 Å². The van der Waals surface area contributed by atoms with Crippen molar-refractivity contribution in [3.63, 3.8) is 0 Å². The van der Waals surface area contributed by atoms with Crippen LogP contribution in [0, 0.1) is 0 Å². The minimum absolute atomic E-state index is 0.199. The van der Waals surface area contributed by atoms with Crippen molar-refractivity contribution >= 4 is 25.8 Å². The number of halogens is 1. The number of hydrogen-bond acceptors (Lipinski definition) is 3. The van der Waals surface area contributed by atoms with E-state index in [1.54, 1.807) is 0 Å². The van der Waals surface area contributed by atoms with Crippen LogP contribution in [0.25, 0.3) is 0 Å². The molecule has 1 atom stereocenters. The molecule has 0 bridgehead atoms. The van der Waals surface area contributed by atoms with Gasteiger partial charge in [-0.1, -0.05) is 19.8 Å². The minimum atomic E-state index is -3.84. The highest BCUT2D eigenvalue weighted by molar-refractivity contribution is 8.12. The van der Waals surface area contributed by atoms with Crippen LogP contribution >= 0.6 is 10.7 Å². The van der Waals surface area contributed by atoms with E-state index in [0.29, 0.717) is 12.8 Å². The van der Waals surface area contributed by atoms with Gasteiger partial charge in [0.1, 0.15) is 0 Å². The smallest absolute Gasteiger partial charge is 0.274 e. The first-order valence-corrected chi connectivity index (χ1v) is 6.50. The number of nitrogens with zero attached hydrogens (tertiary/aromatic N) is 1. The summed E-state index contributed by atoms with van der Waals surface area (Å²) in [6, 6.07) is -0.199. The first kappa shape index (κ1) is 10.8. The number of carbonyl (C=O) groups is 1. The van der Waals surface area contributed by atoms with E-state index in [1.165, 1.54) is 0 Å². The fraction of sp³-hybridized carbons (Fsp3) is 0.857. The topological polar surface area (TPSA) is 54.5 Å². The molecule has 13 heavy (non-hydrogen) atoms. The largest absolute Gasteiger partial charge is 0.324 e. The molecule has 1 aliphatic heterocycles. The molecule has 1 rings (SSSR count). The average Bonchev–Trinajstić information content (AvgIpc) is 1.93. The minimum Gasteiger partial charge on any atom is -0.274 e. The SMILES string of the molecule is CCCCC1CC(=O)N1S(=O)(=O)Cl. The highest BCUT2D eigenvalue weighted by Crippen LogP contribution is 2.28. The molecule has 1 fully saturated rings. The lowest BCUT2D eigenvalue weighted by Crippen LogP contribution is -2.53. The Morgan fingerprint density at radius 2 is 2.23 bits per heavy atom. The van der Waals surface area contributed by atoms with E-state index in [9.17, 15) is 13.2 Å². The van der Waals surface area contributed by atoms with Crippen LogP contribution in [-0.4, -0.2) is 24.7 Å². The monoisotopic (exact) mass is 225 g/mol. The molecular weight excluding hydrogens is 214 g/mol. The zero-order chi connectivity index (χ0) is 10.1. The van der Waals surface area contributed by atoms with Crippen molar-refractivity contribution in [1.29, 1.82) is 0 Å². The van der Waals surface area contributed by atoms with Crippen molar-refractivity contribution in [3.05, 3.63) is 0 Å². The maximum absolute atomic E-state index is 10.9. The molecule has 6 heteroatoms. The molecule has 0 N–H and O–H groups in total. The van der Waals surface area contributed by atoms with E-state index in [0.717, 1.165) is 17.1 Å². The Morgan fingerprint density at radius 1 is 1.62 bits per heavy atom. The molecule has 0 aliphatic carbocycles. The molecule has 0 aromatic rings. The third-order valence-corrected chi connectivity index (χ3v) is 3.53. The second-order valence-electron chi connectivity index (χ2n) is 3.13. The fourth-order valence-electron chi connectivity index (χ4n) is 1.42. The van der Waals surface area contributed by atoms with Gasteiger partial charge in [-0.05, 0) is 6.42 Å². The van der Waals surface area contributed by atoms with Gasteiger partial charge in [0.2, 0.25) is 5.91 Å². The number of unbranched alkanes of at least 4 members (excludes halogenated alkanes) is 1. The van der Waals surface area contributed by atoms with Gasteiger partial charge in [0.25, 0.3) is 0 Å². The van der Waals surface area contributed by atoms with Crippen molar-refractivity contribution in [2.75, 3.05) is 0 Å². The molecule has 1 heterocycles. The lowest BCUT2D eigenvalue weighted by molar-refractivity contribution is -0.137. The van der Waals surface area contributed by atoms with Gasteiger partial charge in [-0.2, -0.15) is 8.42 Å². The van der Waals surface area contributed by atoms with Crippen LogP contribution in [0.4, 0.5) is 0 Å². The standard InChI is InChI=1S/C7H12ClNO3S/c1-2-3-4-6-5-7(10)9(6)13(8,11)12/h6H,2-5H2,1H3. The van der Waals surface area contributed by atoms with Crippen LogP contribution in [0.15, 0.2) is 0 Å². The van der Waals surface area contributed by atoms with E-state index in [1.807, 2.05) is 6.92 Å². The lowest BCUT2D eigenvalue weighted by atomic mass is 10.0. The van der Waals surface area contributed by atoms with Gasteiger partial charge in [-0.25, -0.2) is 4.31 Å². The molecule has 0 aromatic carbocycles. The van der Waals surface area contributed by atoms with Crippen molar-refractivity contribution < 1.29 is 13.2 Å². The Bertz CT molecular complexity index is 301. The van der Waals surface area contributed by atoms with Crippen LogP contribution in [0.5, 0.6) is 0 Å². The lowest BCUT2D eigenvalue weighted by Gasteiger charge is -2.36. The maximum atomic E-state index is 10.9. The van der Waals surface area contributed by atoms with Crippen LogP contribution in [0.3, 0.4) is 0 Å². The van der Waals surface area contributed by atoms with Crippen LogP contribution in [0.2, 0.25) is 0 Å². The summed E-state index contributed by atoms with van der Waals surface area (Å²) in [5, 5.41) is 0. The number of amides is 1. The molecule has 1 saturated heterocycles. The maximum Gasteiger partial charge on any atom is 0.324 e. The first-order valence-electron chi connectivity index (χ1n) is 4.23. The predicted octanol–water partition coefficient (Wildman–Crippen LogP) is 1.26. The summed E-state index contributed by atoms with van der Waals surface area (Å²) < 4.78 is 22.5. The first-order chi connectivity index (χ1) is 5.96. The van der Waals surface area contributed by atoms with Crippen LogP contribution in [-0.2, 0) is 14.0 Å². The zero-order valence-corrected chi connectivity index (χ0v) is 8.94. The second-order valence-corrected chi connectivity index (χ2v) is 5.52. The molecule has 1 unspecified atom stereocenters. The van der Waals surface area contributed by atoms with E-state index >= 15 is 0 Å². The van der Waals surface area contributed by atoms with E-state index in [4.69, 9.17) is 10.7 Å². The number of hydrogen-bond donors (Lipinski definition) is 0. The molecule has 76 valence electrons. The molecule has 1 amide bonds. The summed E-state index contributed by atoms with van der Waals surface area (Å²) in [4.78, 5) is 10.9. The number of β-lactam (4-membered cyclic amide) rings is 1. The van der Waals surface area contributed by atoms with Crippen LogP contribution in [0.1, 0.15) is 32.6 Å². The van der Waals surface area contributed by atoms with Crippen molar-refractivity contribution in [2.45, 2.75) is 38.6 Å². The highest BCUT2D eigenvalue weighted by atomic mass is 35.7. The molecule has 0 saturated carbocycles. The fourth-order valence-corrected chi connectivity index (χ4v) is 2.85. The summed E-state index contributed by atoms with van der Waals surface area (Å²) in [6.07, 6.45) is 2.93. The summed E-state index contributed by atoms with van der Waals surface area (Å²) in [7, 11) is 1.24. The van der Waals surface area contributed by atoms with Crippen molar-refractivity contribution in [3.8, 4) is 0 Å². The Kier molecular flexibility index (Phi) is 3.18. The summed E-state index contributed by atoms with van der Waals surface area (Å²) >= 11 is 0. The Hall–Kier alpha value is -0.290. The van der Waals surface area contributed by atoms with Gasteiger partial charge in [0.15, 0.2) is 0 Å². The Balaban J connectivity index is 2.57. The Morgan fingerprint density at radius 3 is 2.62 bits per heavy atom. The van der Waals surface area contributed by atoms with Gasteiger partial charge in [-0.3, -0.25) is 4.79 Å². The normalized spacial score (nSPS) is 23.1. The predicted molar refractivity (Wildman–Crippen MR) is 49.5 cm³/mol. The van der Waals surface area contributed by atoms with Crippen LogP contribution < -0.4 is 0 Å². The number of carbonyl (C=O) groups excluding carboxylic acids is 1. The summed E-state index contributed by atoms with van der Waals surface area (Å²) in [5.74, 6) is -0.392. The van der Waals surface area contributed by atoms with Gasteiger partial charge in [0, 0.05) is 17.1 Å². The van der Waals surface area contributed by atoms with E-state index in [2.05, 4.69) is 0 Å². The van der Waals surface area contributed by atoms with E-state index < -0.39 is 15.1 Å². The zero-order valence-electron chi connectivity index (χ0n) is 7.36. The van der Waals surface area contributed by atoms with Crippen molar-refractivity contribution in [1.82, 2.24) is 4.31 Å². The van der Waals surface area contributed by atoms with Gasteiger partial charge in [-0.15, -0.1) is 0 Å². The molecular formula is C7H12ClNO3S.